The van der Waals surface area contributed by atoms with Crippen LogP contribution in [0.2, 0.25) is 0 Å². The van der Waals surface area contributed by atoms with Crippen LogP contribution in [0.25, 0.3) is 11.1 Å². The summed E-state index contributed by atoms with van der Waals surface area (Å²) in [6.45, 7) is 3.71. The second kappa shape index (κ2) is 9.03. The molecule has 2 heterocycles. The van der Waals surface area contributed by atoms with E-state index in [1.807, 2.05) is 36.4 Å². The monoisotopic (exact) mass is 422 g/mol. The molecule has 1 aliphatic heterocycles. The standard InChI is InChI=1S/C22H21F3N2O.ClH/c23-22(24,25)19-9-7-17(8-10-19)16-3-5-18(6-4-16)21(20-2-1-15-28-20)27-13-11-26-12-14-27;/h1-10,15,21,26H,11-14H2;1H/t21-;/m1./s1. The number of alkyl halides is 3. The van der Waals surface area contributed by atoms with Gasteiger partial charge in [0.2, 0.25) is 0 Å². The average Bonchev–Trinajstić information content (AvgIpc) is 3.23. The predicted molar refractivity (Wildman–Crippen MR) is 109 cm³/mol. The Hall–Kier alpha value is -2.28. The molecule has 3 nitrogen and oxygen atoms in total. The first-order valence-electron chi connectivity index (χ1n) is 9.28. The largest absolute Gasteiger partial charge is 0.467 e. The molecule has 1 N–H and O–H groups in total. The minimum atomic E-state index is -4.32. The summed E-state index contributed by atoms with van der Waals surface area (Å²) in [4.78, 5) is 2.38. The molecular weight excluding hydrogens is 401 g/mol. The number of piperazine rings is 1. The molecule has 0 spiro atoms. The number of rotatable bonds is 4. The van der Waals surface area contributed by atoms with Gasteiger partial charge in [0.25, 0.3) is 0 Å². The quantitative estimate of drug-likeness (QED) is 0.611. The van der Waals surface area contributed by atoms with Crippen molar-refractivity contribution in [3.63, 3.8) is 0 Å². The third-order valence-corrected chi connectivity index (χ3v) is 5.10. The van der Waals surface area contributed by atoms with Crippen molar-refractivity contribution >= 4 is 12.4 Å². The molecule has 3 aromatic rings. The van der Waals surface area contributed by atoms with Crippen molar-refractivity contribution in [1.82, 2.24) is 10.2 Å². The van der Waals surface area contributed by atoms with Crippen LogP contribution in [0.4, 0.5) is 13.2 Å². The number of nitrogens with one attached hydrogen (secondary N) is 1. The number of hydrogen-bond acceptors (Lipinski definition) is 3. The molecule has 1 fully saturated rings. The van der Waals surface area contributed by atoms with Gasteiger partial charge < -0.3 is 9.73 Å². The first-order chi connectivity index (χ1) is 13.5. The minimum Gasteiger partial charge on any atom is -0.467 e. The van der Waals surface area contributed by atoms with Gasteiger partial charge in [0.05, 0.1) is 17.9 Å². The van der Waals surface area contributed by atoms with Crippen LogP contribution in [0.5, 0.6) is 0 Å². The lowest BCUT2D eigenvalue weighted by Crippen LogP contribution is -2.45. The van der Waals surface area contributed by atoms with Crippen LogP contribution >= 0.6 is 12.4 Å². The van der Waals surface area contributed by atoms with E-state index in [9.17, 15) is 13.2 Å². The summed E-state index contributed by atoms with van der Waals surface area (Å²) in [6.07, 6.45) is -2.64. The van der Waals surface area contributed by atoms with Gasteiger partial charge in [0.15, 0.2) is 0 Å². The first kappa shape index (κ1) is 21.4. The summed E-state index contributed by atoms with van der Waals surface area (Å²) in [5.41, 5.74) is 2.12. The Morgan fingerprint density at radius 2 is 1.45 bits per heavy atom. The zero-order chi connectivity index (χ0) is 19.6. The number of hydrogen-bond donors (Lipinski definition) is 1. The van der Waals surface area contributed by atoms with Crippen molar-refractivity contribution in [2.24, 2.45) is 0 Å². The van der Waals surface area contributed by atoms with E-state index >= 15 is 0 Å². The summed E-state index contributed by atoms with van der Waals surface area (Å²) in [5.74, 6) is 0.893. The topological polar surface area (TPSA) is 28.4 Å². The molecule has 154 valence electrons. The van der Waals surface area contributed by atoms with Crippen LogP contribution in [-0.2, 0) is 6.18 Å². The zero-order valence-corrected chi connectivity index (χ0v) is 16.5. The van der Waals surface area contributed by atoms with Gasteiger partial charge in [0.1, 0.15) is 5.76 Å². The normalized spacial score (nSPS) is 16.2. The van der Waals surface area contributed by atoms with E-state index in [4.69, 9.17) is 4.42 Å². The second-order valence-corrected chi connectivity index (χ2v) is 6.90. The van der Waals surface area contributed by atoms with Crippen molar-refractivity contribution in [1.29, 1.82) is 0 Å². The van der Waals surface area contributed by atoms with Gasteiger partial charge in [-0.05, 0) is 41.0 Å². The van der Waals surface area contributed by atoms with Crippen molar-refractivity contribution in [2.45, 2.75) is 12.2 Å². The summed E-state index contributed by atoms with van der Waals surface area (Å²) in [5, 5.41) is 3.36. The first-order valence-corrected chi connectivity index (χ1v) is 9.28. The van der Waals surface area contributed by atoms with Gasteiger partial charge in [-0.15, -0.1) is 12.4 Å². The average molecular weight is 423 g/mol. The Balaban J connectivity index is 0.00000240. The molecule has 7 heteroatoms. The predicted octanol–water partition coefficient (Wildman–Crippen LogP) is 5.38. The van der Waals surface area contributed by atoms with Gasteiger partial charge in [-0.2, -0.15) is 13.2 Å². The van der Waals surface area contributed by atoms with Gasteiger partial charge in [-0.1, -0.05) is 36.4 Å². The summed E-state index contributed by atoms with van der Waals surface area (Å²) < 4.78 is 44.0. The highest BCUT2D eigenvalue weighted by molar-refractivity contribution is 5.85. The number of benzene rings is 2. The Morgan fingerprint density at radius 3 is 1.97 bits per heavy atom. The SMILES string of the molecule is Cl.FC(F)(F)c1ccc(-c2ccc([C@H](c3ccco3)N3CCNCC3)cc2)cc1. The Kier molecular flexibility index (Phi) is 6.67. The summed E-state index contributed by atoms with van der Waals surface area (Å²) >= 11 is 0. The molecule has 1 saturated heterocycles. The van der Waals surface area contributed by atoms with Crippen LogP contribution in [0.1, 0.15) is 22.9 Å². The van der Waals surface area contributed by atoms with Gasteiger partial charge in [0, 0.05) is 26.2 Å². The Bertz CT molecular complexity index is 887. The molecule has 29 heavy (non-hydrogen) atoms. The lowest BCUT2D eigenvalue weighted by molar-refractivity contribution is -0.137. The number of nitrogens with zero attached hydrogens (tertiary/aromatic N) is 1. The molecule has 0 bridgehead atoms. The van der Waals surface area contributed by atoms with Crippen LogP contribution in [0, 0.1) is 0 Å². The lowest BCUT2D eigenvalue weighted by Gasteiger charge is -2.34. The fourth-order valence-corrected chi connectivity index (χ4v) is 3.65. The smallest absolute Gasteiger partial charge is 0.416 e. The fraction of sp³-hybridized carbons (Fsp3) is 0.273. The van der Waals surface area contributed by atoms with Crippen LogP contribution < -0.4 is 5.32 Å². The molecule has 0 unspecified atom stereocenters. The highest BCUT2D eigenvalue weighted by Gasteiger charge is 2.30. The number of furan rings is 1. The van der Waals surface area contributed by atoms with E-state index in [0.717, 1.165) is 60.8 Å². The molecule has 4 rings (SSSR count). The van der Waals surface area contributed by atoms with Crippen molar-refractivity contribution in [2.75, 3.05) is 26.2 Å². The molecule has 1 aliphatic rings. The Labute approximate surface area is 173 Å². The maximum atomic E-state index is 12.8. The molecule has 0 saturated carbocycles. The second-order valence-electron chi connectivity index (χ2n) is 6.90. The molecule has 1 atom stereocenters. The summed E-state index contributed by atoms with van der Waals surface area (Å²) in [6, 6.07) is 17.1. The third-order valence-electron chi connectivity index (χ3n) is 5.10. The molecule has 0 amide bonds. The maximum absolute atomic E-state index is 12.8. The third kappa shape index (κ3) is 4.83. The number of halogens is 4. The van der Waals surface area contributed by atoms with Crippen molar-refractivity contribution in [3.05, 3.63) is 83.8 Å². The Morgan fingerprint density at radius 1 is 0.862 bits per heavy atom. The highest BCUT2D eigenvalue weighted by atomic mass is 35.5. The van der Waals surface area contributed by atoms with Crippen LogP contribution in [0.3, 0.4) is 0 Å². The fourth-order valence-electron chi connectivity index (χ4n) is 3.65. The van der Waals surface area contributed by atoms with E-state index in [1.54, 1.807) is 6.26 Å². The lowest BCUT2D eigenvalue weighted by atomic mass is 9.97. The van der Waals surface area contributed by atoms with E-state index in [0.29, 0.717) is 0 Å². The molecule has 2 aromatic carbocycles. The van der Waals surface area contributed by atoms with Gasteiger partial charge in [-0.3, -0.25) is 4.90 Å². The molecule has 1 aromatic heterocycles. The maximum Gasteiger partial charge on any atom is 0.416 e. The van der Waals surface area contributed by atoms with E-state index < -0.39 is 11.7 Å². The molecule has 0 radical (unpaired) electrons. The zero-order valence-electron chi connectivity index (χ0n) is 15.7. The summed E-state index contributed by atoms with van der Waals surface area (Å²) in [7, 11) is 0. The minimum absolute atomic E-state index is 0. The van der Waals surface area contributed by atoms with Gasteiger partial charge in [-0.25, -0.2) is 0 Å². The van der Waals surface area contributed by atoms with Gasteiger partial charge >= 0.3 is 6.18 Å². The molecular formula is C22H22ClF3N2O. The van der Waals surface area contributed by atoms with E-state index in [-0.39, 0.29) is 18.4 Å². The van der Waals surface area contributed by atoms with Crippen LogP contribution in [-0.4, -0.2) is 31.1 Å². The van der Waals surface area contributed by atoms with E-state index in [2.05, 4.69) is 10.2 Å². The van der Waals surface area contributed by atoms with Crippen molar-refractivity contribution < 1.29 is 17.6 Å². The van der Waals surface area contributed by atoms with Crippen LogP contribution in [0.15, 0.2) is 71.3 Å². The molecule has 0 aliphatic carbocycles. The van der Waals surface area contributed by atoms with Crippen molar-refractivity contribution in [3.8, 4) is 11.1 Å². The highest BCUT2D eigenvalue weighted by Crippen LogP contribution is 2.33. The van der Waals surface area contributed by atoms with E-state index in [1.165, 1.54) is 12.1 Å².